The zero-order valence-electron chi connectivity index (χ0n) is 16.3. The molecule has 0 spiro atoms. The minimum absolute atomic E-state index is 0.108. The molecule has 154 valence electrons. The van der Waals surface area contributed by atoms with Gasteiger partial charge in [0.05, 0.1) is 6.26 Å². The lowest BCUT2D eigenvalue weighted by Gasteiger charge is -2.38. The summed E-state index contributed by atoms with van der Waals surface area (Å²) in [6, 6.07) is 3.77. The maximum absolute atomic E-state index is 13.2. The fraction of sp³-hybridized carbons (Fsp3) is 0.684. The molecule has 0 unspecified atom stereocenters. The first-order valence-electron chi connectivity index (χ1n) is 9.11. The molecule has 0 saturated carbocycles. The lowest BCUT2D eigenvalue weighted by molar-refractivity contribution is -0.153. The third-order valence-electron chi connectivity index (χ3n) is 5.19. The van der Waals surface area contributed by atoms with E-state index in [-0.39, 0.29) is 5.56 Å². The molecule has 0 amide bonds. The molecular formula is C19H29F3N2O2S. The third kappa shape index (κ3) is 6.76. The van der Waals surface area contributed by atoms with Crippen LogP contribution in [0.3, 0.4) is 0 Å². The maximum atomic E-state index is 13.2. The van der Waals surface area contributed by atoms with Crippen LogP contribution in [0.2, 0.25) is 0 Å². The maximum Gasteiger partial charge on any atom is 0.408 e. The lowest BCUT2D eigenvalue weighted by Crippen LogP contribution is -2.38. The second-order valence-corrected chi connectivity index (χ2v) is 10.3. The fourth-order valence-corrected chi connectivity index (χ4v) is 4.27. The van der Waals surface area contributed by atoms with Gasteiger partial charge in [0, 0.05) is 6.54 Å². The van der Waals surface area contributed by atoms with Gasteiger partial charge in [-0.25, -0.2) is 8.42 Å². The number of sulfonamides is 1. The summed E-state index contributed by atoms with van der Waals surface area (Å²) in [5.74, 6) is 0.686. The smallest absolute Gasteiger partial charge is 0.299 e. The van der Waals surface area contributed by atoms with Crippen molar-refractivity contribution in [2.24, 2.45) is 11.3 Å². The Labute approximate surface area is 160 Å². The molecule has 27 heavy (non-hydrogen) atoms. The molecular weight excluding hydrogens is 377 g/mol. The molecule has 1 heterocycles. The number of hydrogen-bond acceptors (Lipinski definition) is 3. The Morgan fingerprint density at radius 2 is 1.63 bits per heavy atom. The lowest BCUT2D eigenvalue weighted by atomic mass is 9.75. The molecule has 0 aliphatic carbocycles. The number of nitrogens with zero attached hydrogens (tertiary/aromatic N) is 1. The SMILES string of the molecule is CC(C)(C)C1CCN(Cc2ccc([C@H](NS(C)(=O)=O)C(F)(F)F)cc2)CC1. The second kappa shape index (κ2) is 8.09. The highest BCUT2D eigenvalue weighted by Crippen LogP contribution is 2.35. The number of likely N-dealkylation sites (tertiary alicyclic amines) is 1. The van der Waals surface area contributed by atoms with Gasteiger partial charge in [-0.2, -0.15) is 17.9 Å². The van der Waals surface area contributed by atoms with Gasteiger partial charge >= 0.3 is 6.18 Å². The van der Waals surface area contributed by atoms with Crippen molar-refractivity contribution in [2.75, 3.05) is 19.3 Å². The zero-order valence-corrected chi connectivity index (χ0v) is 17.1. The number of hydrogen-bond donors (Lipinski definition) is 1. The summed E-state index contributed by atoms with van der Waals surface area (Å²) in [7, 11) is -3.98. The van der Waals surface area contributed by atoms with Gasteiger partial charge in [-0.05, 0) is 48.4 Å². The van der Waals surface area contributed by atoms with E-state index < -0.39 is 22.2 Å². The quantitative estimate of drug-likeness (QED) is 0.801. The molecule has 1 atom stereocenters. The van der Waals surface area contributed by atoms with Gasteiger partial charge in [0.2, 0.25) is 10.0 Å². The summed E-state index contributed by atoms with van der Waals surface area (Å²) in [6.45, 7) is 9.41. The number of benzene rings is 1. The topological polar surface area (TPSA) is 49.4 Å². The summed E-state index contributed by atoms with van der Waals surface area (Å²) in [5.41, 5.74) is 1.11. The van der Waals surface area contributed by atoms with Crippen LogP contribution in [0.4, 0.5) is 13.2 Å². The summed E-state index contributed by atoms with van der Waals surface area (Å²) < 4.78 is 63.8. The molecule has 1 aliphatic rings. The summed E-state index contributed by atoms with van der Waals surface area (Å²) in [6.07, 6.45) is -1.73. The Hall–Kier alpha value is -1.12. The third-order valence-corrected chi connectivity index (χ3v) is 5.85. The number of rotatable bonds is 5. The number of alkyl halides is 3. The number of piperidine rings is 1. The molecule has 0 aromatic heterocycles. The average molecular weight is 407 g/mol. The molecule has 1 aromatic rings. The van der Waals surface area contributed by atoms with E-state index in [9.17, 15) is 21.6 Å². The highest BCUT2D eigenvalue weighted by Gasteiger charge is 2.42. The molecule has 1 fully saturated rings. The zero-order chi connectivity index (χ0) is 20.5. The molecule has 1 aromatic carbocycles. The Bertz CT molecular complexity index is 717. The van der Waals surface area contributed by atoms with Gasteiger partial charge in [-0.3, -0.25) is 4.90 Å². The van der Waals surface area contributed by atoms with E-state index in [1.165, 1.54) is 12.1 Å². The molecule has 2 rings (SSSR count). The van der Waals surface area contributed by atoms with Gasteiger partial charge in [0.1, 0.15) is 6.04 Å². The highest BCUT2D eigenvalue weighted by atomic mass is 32.2. The van der Waals surface area contributed by atoms with Gasteiger partial charge in [0.25, 0.3) is 0 Å². The predicted octanol–water partition coefficient (Wildman–Crippen LogP) is 4.10. The van der Waals surface area contributed by atoms with Crippen LogP contribution < -0.4 is 4.72 Å². The summed E-state index contributed by atoms with van der Waals surface area (Å²) >= 11 is 0. The van der Waals surface area contributed by atoms with E-state index in [1.54, 1.807) is 16.9 Å². The average Bonchev–Trinajstić information content (AvgIpc) is 2.51. The van der Waals surface area contributed by atoms with E-state index in [1.807, 2.05) is 0 Å². The molecule has 1 N–H and O–H groups in total. The van der Waals surface area contributed by atoms with Crippen molar-refractivity contribution in [1.29, 1.82) is 0 Å². The van der Waals surface area contributed by atoms with Crippen LogP contribution in [-0.2, 0) is 16.6 Å². The number of nitrogens with one attached hydrogen (secondary N) is 1. The first kappa shape index (κ1) is 22.2. The fourth-order valence-electron chi connectivity index (χ4n) is 3.57. The largest absolute Gasteiger partial charge is 0.408 e. The monoisotopic (exact) mass is 406 g/mol. The standard InChI is InChI=1S/C19H29F3N2O2S/c1-18(2,3)16-9-11-24(12-10-16)13-14-5-7-15(8-6-14)17(19(20,21)22)23-27(4,25)26/h5-8,16-17,23H,9-13H2,1-4H3/t17-/m0/s1. The van der Waals surface area contributed by atoms with Crippen molar-refractivity contribution in [3.05, 3.63) is 35.4 Å². The van der Waals surface area contributed by atoms with Crippen molar-refractivity contribution in [1.82, 2.24) is 9.62 Å². The van der Waals surface area contributed by atoms with Crippen molar-refractivity contribution in [3.8, 4) is 0 Å². The van der Waals surface area contributed by atoms with E-state index in [4.69, 9.17) is 0 Å². The van der Waals surface area contributed by atoms with Crippen molar-refractivity contribution >= 4 is 10.0 Å². The molecule has 0 bridgehead atoms. The van der Waals surface area contributed by atoms with Crippen LogP contribution in [0.15, 0.2) is 24.3 Å². The van der Waals surface area contributed by atoms with Crippen molar-refractivity contribution < 1.29 is 21.6 Å². The first-order chi connectivity index (χ1) is 12.3. The molecule has 8 heteroatoms. The summed E-state index contributed by atoms with van der Waals surface area (Å²) in [5, 5.41) is 0. The van der Waals surface area contributed by atoms with Gasteiger partial charge in [-0.1, -0.05) is 45.0 Å². The van der Waals surface area contributed by atoms with Gasteiger partial charge < -0.3 is 0 Å². The molecule has 0 radical (unpaired) electrons. The van der Waals surface area contributed by atoms with Gasteiger partial charge in [0.15, 0.2) is 0 Å². The number of halogens is 3. The van der Waals surface area contributed by atoms with Crippen LogP contribution in [0, 0.1) is 11.3 Å². The first-order valence-corrected chi connectivity index (χ1v) is 11.0. The minimum atomic E-state index is -4.70. The van der Waals surface area contributed by atoms with Crippen LogP contribution in [0.25, 0.3) is 0 Å². The van der Waals surface area contributed by atoms with Crippen molar-refractivity contribution in [3.63, 3.8) is 0 Å². The Morgan fingerprint density at radius 3 is 2.04 bits per heavy atom. The molecule has 4 nitrogen and oxygen atoms in total. The normalized spacial score (nSPS) is 19.2. The van der Waals surface area contributed by atoms with E-state index >= 15 is 0 Å². The summed E-state index contributed by atoms with van der Waals surface area (Å²) in [4.78, 5) is 2.31. The second-order valence-electron chi connectivity index (χ2n) is 8.52. The Balaban J connectivity index is 2.02. The Kier molecular flexibility index (Phi) is 6.64. The van der Waals surface area contributed by atoms with E-state index in [0.29, 0.717) is 17.9 Å². The van der Waals surface area contributed by atoms with Crippen LogP contribution in [-0.4, -0.2) is 38.8 Å². The van der Waals surface area contributed by atoms with Crippen LogP contribution in [0.1, 0.15) is 50.8 Å². The predicted molar refractivity (Wildman–Crippen MR) is 101 cm³/mol. The van der Waals surface area contributed by atoms with E-state index in [0.717, 1.165) is 37.8 Å². The van der Waals surface area contributed by atoms with Crippen LogP contribution >= 0.6 is 0 Å². The van der Waals surface area contributed by atoms with E-state index in [2.05, 4.69) is 25.7 Å². The van der Waals surface area contributed by atoms with Gasteiger partial charge in [-0.15, -0.1) is 0 Å². The minimum Gasteiger partial charge on any atom is -0.299 e. The van der Waals surface area contributed by atoms with Crippen LogP contribution in [0.5, 0.6) is 0 Å². The molecule has 1 saturated heterocycles. The highest BCUT2D eigenvalue weighted by molar-refractivity contribution is 7.88. The van der Waals surface area contributed by atoms with Crippen molar-refractivity contribution in [2.45, 2.75) is 52.4 Å². The Morgan fingerprint density at radius 1 is 1.11 bits per heavy atom. The molecule has 1 aliphatic heterocycles.